The van der Waals surface area contributed by atoms with Crippen molar-refractivity contribution < 1.29 is 9.59 Å². The van der Waals surface area contributed by atoms with Crippen molar-refractivity contribution in [3.63, 3.8) is 0 Å². The maximum Gasteiger partial charge on any atom is 0.254 e. The van der Waals surface area contributed by atoms with Gasteiger partial charge in [-0.2, -0.15) is 0 Å². The highest BCUT2D eigenvalue weighted by atomic mass is 35.5. The lowest BCUT2D eigenvalue weighted by Gasteiger charge is -2.35. The molecule has 0 saturated carbocycles. The van der Waals surface area contributed by atoms with Crippen molar-refractivity contribution in [2.24, 2.45) is 5.73 Å². The van der Waals surface area contributed by atoms with Crippen LogP contribution in [-0.2, 0) is 4.79 Å². The monoisotopic (exact) mass is 280 g/mol. The fourth-order valence-corrected chi connectivity index (χ4v) is 2.60. The SMILES string of the molecule is NC(=O)C[C@H]1CCCCN1C(=O)c1ccc(Cl)cc1. The van der Waals surface area contributed by atoms with E-state index in [0.717, 1.165) is 19.3 Å². The molecule has 0 unspecified atom stereocenters. The predicted octanol–water partition coefficient (Wildman–Crippen LogP) is 2.21. The van der Waals surface area contributed by atoms with Crippen LogP contribution >= 0.6 is 11.6 Å². The summed E-state index contributed by atoms with van der Waals surface area (Å²) in [7, 11) is 0. The molecule has 0 aromatic heterocycles. The second-order valence-electron chi connectivity index (χ2n) is 4.83. The first kappa shape index (κ1) is 13.9. The van der Waals surface area contributed by atoms with Gasteiger partial charge in [-0.25, -0.2) is 0 Å². The smallest absolute Gasteiger partial charge is 0.254 e. The molecule has 1 aromatic rings. The zero-order valence-electron chi connectivity index (χ0n) is 10.6. The lowest BCUT2D eigenvalue weighted by atomic mass is 9.98. The summed E-state index contributed by atoms with van der Waals surface area (Å²) in [5.74, 6) is -0.413. The van der Waals surface area contributed by atoms with E-state index in [-0.39, 0.29) is 24.3 Å². The average Bonchev–Trinajstić information content (AvgIpc) is 2.39. The summed E-state index contributed by atoms with van der Waals surface area (Å²) in [5.41, 5.74) is 5.85. The van der Waals surface area contributed by atoms with Crippen LogP contribution in [0.2, 0.25) is 5.02 Å². The highest BCUT2D eigenvalue weighted by Crippen LogP contribution is 2.22. The molecule has 1 fully saturated rings. The molecule has 19 heavy (non-hydrogen) atoms. The first-order valence-corrected chi connectivity index (χ1v) is 6.80. The fraction of sp³-hybridized carbons (Fsp3) is 0.429. The number of hydrogen-bond acceptors (Lipinski definition) is 2. The lowest BCUT2D eigenvalue weighted by molar-refractivity contribution is -0.119. The molecule has 0 aliphatic carbocycles. The molecule has 1 atom stereocenters. The van der Waals surface area contributed by atoms with Crippen LogP contribution in [0.3, 0.4) is 0 Å². The zero-order chi connectivity index (χ0) is 13.8. The molecule has 1 saturated heterocycles. The number of nitrogens with two attached hydrogens (primary N) is 1. The Kier molecular flexibility index (Phi) is 4.43. The normalized spacial score (nSPS) is 19.2. The number of amides is 2. The topological polar surface area (TPSA) is 63.4 Å². The number of carbonyl (C=O) groups is 2. The van der Waals surface area contributed by atoms with Gasteiger partial charge in [0.05, 0.1) is 0 Å². The molecule has 102 valence electrons. The van der Waals surface area contributed by atoms with Crippen LogP contribution in [-0.4, -0.2) is 29.3 Å². The van der Waals surface area contributed by atoms with Gasteiger partial charge in [0.15, 0.2) is 0 Å². The van der Waals surface area contributed by atoms with E-state index in [0.29, 0.717) is 17.1 Å². The van der Waals surface area contributed by atoms with E-state index in [4.69, 9.17) is 17.3 Å². The van der Waals surface area contributed by atoms with E-state index in [2.05, 4.69) is 0 Å². The van der Waals surface area contributed by atoms with Crippen LogP contribution in [0.4, 0.5) is 0 Å². The number of primary amides is 1. The number of rotatable bonds is 3. The Balaban J connectivity index is 2.15. The van der Waals surface area contributed by atoms with Gasteiger partial charge in [-0.1, -0.05) is 11.6 Å². The van der Waals surface area contributed by atoms with Crippen molar-refractivity contribution in [1.82, 2.24) is 4.90 Å². The maximum absolute atomic E-state index is 12.4. The summed E-state index contributed by atoms with van der Waals surface area (Å²) >= 11 is 5.81. The zero-order valence-corrected chi connectivity index (χ0v) is 11.4. The molecule has 1 aromatic carbocycles. The van der Waals surface area contributed by atoms with Crippen LogP contribution in [0.1, 0.15) is 36.0 Å². The number of hydrogen-bond donors (Lipinski definition) is 1. The summed E-state index contributed by atoms with van der Waals surface area (Å²) in [6.45, 7) is 0.680. The van der Waals surface area contributed by atoms with Crippen LogP contribution in [0.5, 0.6) is 0 Å². The minimum atomic E-state index is -0.360. The van der Waals surface area contributed by atoms with E-state index in [9.17, 15) is 9.59 Å². The summed E-state index contributed by atoms with van der Waals surface area (Å²) in [4.78, 5) is 25.3. The number of carbonyl (C=O) groups excluding carboxylic acids is 2. The third kappa shape index (κ3) is 3.47. The highest BCUT2D eigenvalue weighted by Gasteiger charge is 2.28. The third-order valence-electron chi connectivity index (χ3n) is 3.42. The van der Waals surface area contributed by atoms with E-state index >= 15 is 0 Å². The molecule has 2 N–H and O–H groups in total. The molecule has 5 heteroatoms. The number of benzene rings is 1. The van der Waals surface area contributed by atoms with Crippen LogP contribution < -0.4 is 5.73 Å². The van der Waals surface area contributed by atoms with E-state index < -0.39 is 0 Å². The average molecular weight is 281 g/mol. The number of likely N-dealkylation sites (tertiary alicyclic amines) is 1. The summed E-state index contributed by atoms with van der Waals surface area (Å²) in [5, 5.41) is 0.601. The Morgan fingerprint density at radius 1 is 1.26 bits per heavy atom. The van der Waals surface area contributed by atoms with Gasteiger partial charge in [0.25, 0.3) is 5.91 Å². The van der Waals surface area contributed by atoms with Crippen molar-refractivity contribution in [3.8, 4) is 0 Å². The van der Waals surface area contributed by atoms with Crippen molar-refractivity contribution in [2.75, 3.05) is 6.54 Å². The number of piperidine rings is 1. The fourth-order valence-electron chi connectivity index (χ4n) is 2.47. The highest BCUT2D eigenvalue weighted by molar-refractivity contribution is 6.30. The van der Waals surface area contributed by atoms with Gasteiger partial charge in [0, 0.05) is 29.6 Å². The minimum Gasteiger partial charge on any atom is -0.370 e. The Hall–Kier alpha value is -1.55. The third-order valence-corrected chi connectivity index (χ3v) is 3.67. The molecule has 0 spiro atoms. The Labute approximate surface area is 117 Å². The molecule has 1 aliphatic rings. The van der Waals surface area contributed by atoms with Crippen LogP contribution in [0, 0.1) is 0 Å². The standard InChI is InChI=1S/C14H17ClN2O2/c15-11-6-4-10(5-7-11)14(19)17-8-2-1-3-12(17)9-13(16)18/h4-7,12H,1-3,8-9H2,(H2,16,18)/t12-/m1/s1. The van der Waals surface area contributed by atoms with Gasteiger partial charge in [0.2, 0.25) is 5.91 Å². The summed E-state index contributed by atoms with van der Waals surface area (Å²) < 4.78 is 0. The second-order valence-corrected chi connectivity index (χ2v) is 5.26. The second kappa shape index (κ2) is 6.06. The molecule has 2 amide bonds. The quantitative estimate of drug-likeness (QED) is 0.923. The number of halogens is 1. The Morgan fingerprint density at radius 2 is 1.95 bits per heavy atom. The molecular weight excluding hydrogens is 264 g/mol. The first-order valence-electron chi connectivity index (χ1n) is 6.43. The van der Waals surface area contributed by atoms with Crippen molar-refractivity contribution in [2.45, 2.75) is 31.7 Å². The molecule has 2 rings (SSSR count). The largest absolute Gasteiger partial charge is 0.370 e. The van der Waals surface area contributed by atoms with E-state index in [1.54, 1.807) is 29.2 Å². The molecular formula is C14H17ClN2O2. The molecule has 0 radical (unpaired) electrons. The van der Waals surface area contributed by atoms with E-state index in [1.807, 2.05) is 0 Å². The van der Waals surface area contributed by atoms with Gasteiger partial charge in [0.1, 0.15) is 0 Å². The van der Waals surface area contributed by atoms with Crippen molar-refractivity contribution >= 4 is 23.4 Å². The predicted molar refractivity (Wildman–Crippen MR) is 73.9 cm³/mol. The lowest BCUT2D eigenvalue weighted by Crippen LogP contribution is -2.45. The van der Waals surface area contributed by atoms with Gasteiger partial charge < -0.3 is 10.6 Å². The Morgan fingerprint density at radius 3 is 2.58 bits per heavy atom. The minimum absolute atomic E-state index is 0.0531. The van der Waals surface area contributed by atoms with Gasteiger partial charge in [-0.05, 0) is 43.5 Å². The van der Waals surface area contributed by atoms with Gasteiger partial charge in [-0.3, -0.25) is 9.59 Å². The van der Waals surface area contributed by atoms with Crippen LogP contribution in [0.25, 0.3) is 0 Å². The number of nitrogens with zero attached hydrogens (tertiary/aromatic N) is 1. The first-order chi connectivity index (χ1) is 9.08. The summed E-state index contributed by atoms with van der Waals surface area (Å²) in [6, 6.07) is 6.74. The molecule has 1 heterocycles. The van der Waals surface area contributed by atoms with Gasteiger partial charge in [-0.15, -0.1) is 0 Å². The molecule has 1 aliphatic heterocycles. The molecule has 0 bridgehead atoms. The van der Waals surface area contributed by atoms with Crippen molar-refractivity contribution in [3.05, 3.63) is 34.9 Å². The van der Waals surface area contributed by atoms with Crippen molar-refractivity contribution in [1.29, 1.82) is 0 Å². The molecule has 4 nitrogen and oxygen atoms in total. The van der Waals surface area contributed by atoms with E-state index in [1.165, 1.54) is 0 Å². The maximum atomic E-state index is 12.4. The van der Waals surface area contributed by atoms with Gasteiger partial charge >= 0.3 is 0 Å². The van der Waals surface area contributed by atoms with Crippen LogP contribution in [0.15, 0.2) is 24.3 Å². The summed E-state index contributed by atoms with van der Waals surface area (Å²) in [6.07, 6.45) is 3.07. The Bertz CT molecular complexity index is 473.